The minimum Gasteiger partial charge on any atom is -0.497 e. The Morgan fingerprint density at radius 3 is 2.21 bits per heavy atom. The molecule has 0 N–H and O–H groups in total. The minimum absolute atomic E-state index is 0.0108. The Morgan fingerprint density at radius 2 is 1.61 bits per heavy atom. The number of carbonyl (C=O) groups excluding carboxylic acids is 2. The summed E-state index contributed by atoms with van der Waals surface area (Å²) >= 11 is 0. The van der Waals surface area contributed by atoms with Crippen LogP contribution >= 0.6 is 0 Å². The Balaban J connectivity index is 1.81. The van der Waals surface area contributed by atoms with Gasteiger partial charge in [-0.2, -0.15) is 0 Å². The van der Waals surface area contributed by atoms with Gasteiger partial charge in [0.05, 0.1) is 20.8 Å². The molecule has 0 fully saturated rings. The van der Waals surface area contributed by atoms with Crippen LogP contribution in [0.3, 0.4) is 0 Å². The van der Waals surface area contributed by atoms with Crippen molar-refractivity contribution in [3.63, 3.8) is 0 Å². The third-order valence-electron chi connectivity index (χ3n) is 6.38. The lowest BCUT2D eigenvalue weighted by molar-refractivity contribution is -0.137. The Bertz CT molecular complexity index is 1210. The van der Waals surface area contributed by atoms with E-state index in [-0.39, 0.29) is 24.3 Å². The van der Waals surface area contributed by atoms with E-state index in [2.05, 4.69) is 10.6 Å². The molecule has 0 saturated heterocycles. The second-order valence-corrected chi connectivity index (χ2v) is 10.9. The van der Waals surface area contributed by atoms with Crippen LogP contribution in [0.2, 0.25) is 0 Å². The summed E-state index contributed by atoms with van der Waals surface area (Å²) in [7, 11) is 3.25. The molecule has 38 heavy (non-hydrogen) atoms. The average Bonchev–Trinajstić information content (AvgIpc) is 3.32. The van der Waals surface area contributed by atoms with Crippen molar-refractivity contribution in [3.05, 3.63) is 83.7 Å². The van der Waals surface area contributed by atoms with E-state index in [1.165, 1.54) is 0 Å². The molecule has 1 aromatic heterocycles. The Hall–Kier alpha value is -3.74. The number of hydrogen-bond acceptors (Lipinski definition) is 4. The van der Waals surface area contributed by atoms with Gasteiger partial charge in [0.15, 0.2) is 0 Å². The van der Waals surface area contributed by atoms with Crippen LogP contribution in [-0.2, 0) is 17.9 Å². The largest absolute Gasteiger partial charge is 0.497 e. The number of aromatic nitrogens is 1. The summed E-state index contributed by atoms with van der Waals surface area (Å²) in [6, 6.07) is 19.0. The second-order valence-electron chi connectivity index (χ2n) is 10.9. The molecule has 2 amide bonds. The molecule has 1 heterocycles. The predicted molar refractivity (Wildman–Crippen MR) is 151 cm³/mol. The highest BCUT2D eigenvalue weighted by Crippen LogP contribution is 2.21. The van der Waals surface area contributed by atoms with Gasteiger partial charge in [-0.3, -0.25) is 9.59 Å². The van der Waals surface area contributed by atoms with Gasteiger partial charge < -0.3 is 23.8 Å². The molecule has 0 spiro atoms. The molecule has 0 radical (unpaired) electrons. The molecule has 0 unspecified atom stereocenters. The van der Waals surface area contributed by atoms with Gasteiger partial charge >= 0.3 is 0 Å². The van der Waals surface area contributed by atoms with Crippen molar-refractivity contribution in [2.75, 3.05) is 27.3 Å². The highest BCUT2D eigenvalue weighted by Gasteiger charge is 2.30. The first-order chi connectivity index (χ1) is 18.0. The molecular formula is C31H41N3O4. The number of ether oxygens (including phenoxy) is 2. The third-order valence-corrected chi connectivity index (χ3v) is 6.38. The van der Waals surface area contributed by atoms with Crippen LogP contribution in [0.25, 0.3) is 0 Å². The molecule has 7 heteroatoms. The SMILES string of the molecule is COc1ccc(C(=O)N(CC(=O)N(Cc2cccn2Cc2cccc(OC)c2)C(C)(C)C)CC(C)C)cc1. The minimum atomic E-state index is -0.436. The van der Waals surface area contributed by atoms with Gasteiger partial charge in [-0.25, -0.2) is 0 Å². The van der Waals surface area contributed by atoms with Gasteiger partial charge in [0.1, 0.15) is 18.0 Å². The maximum atomic E-state index is 13.8. The van der Waals surface area contributed by atoms with Crippen molar-refractivity contribution in [2.45, 2.75) is 53.2 Å². The van der Waals surface area contributed by atoms with Crippen molar-refractivity contribution in [1.29, 1.82) is 0 Å². The summed E-state index contributed by atoms with van der Waals surface area (Å²) in [5.74, 6) is 1.46. The van der Waals surface area contributed by atoms with Crippen LogP contribution in [0.4, 0.5) is 0 Å². The molecule has 0 bridgehead atoms. The lowest BCUT2D eigenvalue weighted by Crippen LogP contribution is -2.50. The highest BCUT2D eigenvalue weighted by molar-refractivity contribution is 5.96. The number of benzene rings is 2. The van der Waals surface area contributed by atoms with Crippen molar-refractivity contribution in [2.24, 2.45) is 5.92 Å². The lowest BCUT2D eigenvalue weighted by atomic mass is 10.0. The summed E-state index contributed by atoms with van der Waals surface area (Å²) in [5, 5.41) is 0. The van der Waals surface area contributed by atoms with Crippen LogP contribution in [0.5, 0.6) is 11.5 Å². The summed E-state index contributed by atoms with van der Waals surface area (Å²) in [6.07, 6.45) is 2.03. The molecular weight excluding hydrogens is 478 g/mol. The zero-order chi connectivity index (χ0) is 27.9. The molecule has 0 atom stereocenters. The quantitative estimate of drug-likeness (QED) is 0.337. The molecule has 0 saturated carbocycles. The van der Waals surface area contributed by atoms with Crippen LogP contribution in [0, 0.1) is 5.92 Å². The standard InChI is InChI=1S/C31H41N3O4/c1-23(2)19-33(30(36)25-13-15-27(37-6)16-14-25)22-29(35)34(31(3,4)5)21-26-11-9-17-32(26)20-24-10-8-12-28(18-24)38-7/h8-18,23H,19-22H2,1-7H3. The summed E-state index contributed by atoms with van der Waals surface area (Å²) < 4.78 is 12.7. The zero-order valence-electron chi connectivity index (χ0n) is 23.7. The van der Waals surface area contributed by atoms with Crippen LogP contribution < -0.4 is 9.47 Å². The monoisotopic (exact) mass is 519 g/mol. The van der Waals surface area contributed by atoms with Gasteiger partial charge in [0.2, 0.25) is 5.91 Å². The van der Waals surface area contributed by atoms with Crippen molar-refractivity contribution in [3.8, 4) is 11.5 Å². The first-order valence-electron chi connectivity index (χ1n) is 13.0. The van der Waals surface area contributed by atoms with E-state index in [1.807, 2.05) is 76.0 Å². The summed E-state index contributed by atoms with van der Waals surface area (Å²) in [5.41, 5.74) is 2.24. The van der Waals surface area contributed by atoms with Gasteiger partial charge in [0.25, 0.3) is 5.91 Å². The summed E-state index contributed by atoms with van der Waals surface area (Å²) in [6.45, 7) is 11.8. The Labute approximate surface area is 227 Å². The van der Waals surface area contributed by atoms with E-state index in [0.29, 0.717) is 30.9 Å². The molecule has 3 rings (SSSR count). The van der Waals surface area contributed by atoms with Gasteiger partial charge in [0, 0.05) is 36.1 Å². The number of nitrogens with zero attached hydrogens (tertiary/aromatic N) is 3. The first kappa shape index (κ1) is 28.8. The van der Waals surface area contributed by atoms with Gasteiger partial charge in [-0.15, -0.1) is 0 Å². The van der Waals surface area contributed by atoms with E-state index in [9.17, 15) is 9.59 Å². The van der Waals surface area contributed by atoms with Gasteiger partial charge in [-0.05, 0) is 80.8 Å². The predicted octanol–water partition coefficient (Wildman–Crippen LogP) is 5.48. The third kappa shape index (κ3) is 7.63. The summed E-state index contributed by atoms with van der Waals surface area (Å²) in [4.78, 5) is 30.7. The second kappa shape index (κ2) is 12.7. The number of hydrogen-bond donors (Lipinski definition) is 0. The van der Waals surface area contributed by atoms with Crippen molar-refractivity contribution in [1.82, 2.24) is 14.4 Å². The van der Waals surface area contributed by atoms with E-state index in [0.717, 1.165) is 17.0 Å². The smallest absolute Gasteiger partial charge is 0.254 e. The fraction of sp³-hybridized carbons (Fsp3) is 0.419. The highest BCUT2D eigenvalue weighted by atomic mass is 16.5. The molecule has 2 aromatic carbocycles. The van der Waals surface area contributed by atoms with E-state index >= 15 is 0 Å². The van der Waals surface area contributed by atoms with E-state index in [4.69, 9.17) is 9.47 Å². The number of rotatable bonds is 11. The van der Waals surface area contributed by atoms with Crippen LogP contribution in [0.1, 0.15) is 56.2 Å². The molecule has 204 valence electrons. The van der Waals surface area contributed by atoms with Crippen LogP contribution in [0.15, 0.2) is 66.9 Å². The maximum absolute atomic E-state index is 13.8. The fourth-order valence-corrected chi connectivity index (χ4v) is 4.40. The van der Waals surface area contributed by atoms with Crippen molar-refractivity contribution >= 4 is 11.8 Å². The van der Waals surface area contributed by atoms with Crippen molar-refractivity contribution < 1.29 is 19.1 Å². The first-order valence-corrected chi connectivity index (χ1v) is 13.0. The topological polar surface area (TPSA) is 64.0 Å². The number of methoxy groups -OCH3 is 2. The number of carbonyl (C=O) groups is 2. The van der Waals surface area contributed by atoms with E-state index < -0.39 is 5.54 Å². The van der Waals surface area contributed by atoms with E-state index in [1.54, 1.807) is 43.4 Å². The van der Waals surface area contributed by atoms with Gasteiger partial charge in [-0.1, -0.05) is 26.0 Å². The Kier molecular flexibility index (Phi) is 9.61. The lowest BCUT2D eigenvalue weighted by Gasteiger charge is -2.37. The fourth-order valence-electron chi connectivity index (χ4n) is 4.40. The van der Waals surface area contributed by atoms with Crippen LogP contribution in [-0.4, -0.2) is 59.0 Å². The Morgan fingerprint density at radius 1 is 0.921 bits per heavy atom. The number of amides is 2. The normalized spacial score (nSPS) is 11.4. The average molecular weight is 520 g/mol. The molecule has 0 aliphatic rings. The zero-order valence-corrected chi connectivity index (χ0v) is 23.7. The molecule has 3 aromatic rings. The molecule has 0 aliphatic heterocycles. The molecule has 0 aliphatic carbocycles. The maximum Gasteiger partial charge on any atom is 0.254 e. The molecule has 7 nitrogen and oxygen atoms in total.